The van der Waals surface area contributed by atoms with Crippen molar-refractivity contribution in [2.45, 2.75) is 19.5 Å². The zero-order valence-corrected chi connectivity index (χ0v) is 13.2. The largest absolute Gasteiger partial charge is 0.467 e. The van der Waals surface area contributed by atoms with Crippen molar-refractivity contribution in [2.24, 2.45) is 0 Å². The van der Waals surface area contributed by atoms with Gasteiger partial charge in [0.15, 0.2) is 0 Å². The van der Waals surface area contributed by atoms with Crippen LogP contribution in [-0.2, 0) is 11.3 Å². The van der Waals surface area contributed by atoms with Crippen LogP contribution in [0, 0.1) is 0 Å². The van der Waals surface area contributed by atoms with Gasteiger partial charge in [-0.05, 0) is 37.3 Å². The molecule has 0 bridgehead atoms. The quantitative estimate of drug-likeness (QED) is 0.878. The van der Waals surface area contributed by atoms with E-state index in [0.717, 1.165) is 0 Å². The maximum Gasteiger partial charge on any atom is 0.251 e. The zero-order valence-electron chi connectivity index (χ0n) is 11.7. The van der Waals surface area contributed by atoms with Crippen LogP contribution in [-0.4, -0.2) is 17.9 Å². The van der Waals surface area contributed by atoms with Gasteiger partial charge < -0.3 is 15.1 Å². The number of carbonyl (C=O) groups is 2. The van der Waals surface area contributed by atoms with E-state index in [2.05, 4.69) is 10.6 Å². The van der Waals surface area contributed by atoms with Crippen LogP contribution in [0.4, 0.5) is 0 Å². The second kappa shape index (κ2) is 7.33. The number of amides is 2. The van der Waals surface area contributed by atoms with Crippen molar-refractivity contribution in [1.29, 1.82) is 0 Å². The lowest BCUT2D eigenvalue weighted by Crippen LogP contribution is -2.44. The molecule has 7 heteroatoms. The summed E-state index contributed by atoms with van der Waals surface area (Å²) in [5, 5.41) is 5.90. The molecule has 1 heterocycles. The first-order valence-electron chi connectivity index (χ1n) is 6.53. The van der Waals surface area contributed by atoms with Gasteiger partial charge in [0.05, 0.1) is 22.9 Å². The molecule has 1 aromatic carbocycles. The lowest BCUT2D eigenvalue weighted by Gasteiger charge is -2.14. The van der Waals surface area contributed by atoms with Gasteiger partial charge in [-0.3, -0.25) is 9.59 Å². The summed E-state index contributed by atoms with van der Waals surface area (Å²) >= 11 is 11.7. The van der Waals surface area contributed by atoms with Crippen LogP contribution in [0.25, 0.3) is 0 Å². The fourth-order valence-corrected chi connectivity index (χ4v) is 2.02. The standard InChI is InChI=1S/C15H14Cl2N2O3/c1-9(14(20)18-8-11-3-2-6-22-11)19-15(21)10-4-5-12(16)13(17)7-10/h2-7,9H,8H2,1H3,(H,18,20)(H,19,21)/t9-/m1/s1. The SMILES string of the molecule is C[C@@H](NC(=O)c1ccc(Cl)c(Cl)c1)C(=O)NCc1ccco1. The van der Waals surface area contributed by atoms with E-state index in [1.54, 1.807) is 19.1 Å². The van der Waals surface area contributed by atoms with E-state index in [-0.39, 0.29) is 17.5 Å². The van der Waals surface area contributed by atoms with Crippen molar-refractivity contribution < 1.29 is 14.0 Å². The smallest absolute Gasteiger partial charge is 0.251 e. The van der Waals surface area contributed by atoms with Crippen molar-refractivity contribution in [3.63, 3.8) is 0 Å². The highest BCUT2D eigenvalue weighted by molar-refractivity contribution is 6.42. The summed E-state index contributed by atoms with van der Waals surface area (Å²) in [5.74, 6) is -0.0830. The van der Waals surface area contributed by atoms with Crippen molar-refractivity contribution in [1.82, 2.24) is 10.6 Å². The minimum absolute atomic E-state index is 0.263. The van der Waals surface area contributed by atoms with Crippen molar-refractivity contribution in [3.05, 3.63) is 58.0 Å². The predicted octanol–water partition coefficient (Wildman–Crippen LogP) is 3.02. The molecule has 1 atom stereocenters. The van der Waals surface area contributed by atoms with Crippen LogP contribution in [0.3, 0.4) is 0 Å². The van der Waals surface area contributed by atoms with Crippen LogP contribution in [0.1, 0.15) is 23.0 Å². The maximum atomic E-state index is 12.0. The van der Waals surface area contributed by atoms with Gasteiger partial charge in [-0.1, -0.05) is 23.2 Å². The fraction of sp³-hybridized carbons (Fsp3) is 0.200. The highest BCUT2D eigenvalue weighted by atomic mass is 35.5. The van der Waals surface area contributed by atoms with Crippen molar-refractivity contribution in [2.75, 3.05) is 0 Å². The molecule has 5 nitrogen and oxygen atoms in total. The molecule has 0 aliphatic heterocycles. The monoisotopic (exact) mass is 340 g/mol. The van der Waals surface area contributed by atoms with E-state index in [0.29, 0.717) is 16.3 Å². The zero-order chi connectivity index (χ0) is 16.1. The summed E-state index contributed by atoms with van der Waals surface area (Å²) in [6.45, 7) is 1.85. The molecule has 22 heavy (non-hydrogen) atoms. The molecule has 0 aliphatic rings. The summed E-state index contributed by atoms with van der Waals surface area (Å²) in [7, 11) is 0. The lowest BCUT2D eigenvalue weighted by molar-refractivity contribution is -0.122. The van der Waals surface area contributed by atoms with Crippen LogP contribution >= 0.6 is 23.2 Å². The second-order valence-corrected chi connectivity index (χ2v) is 5.44. The molecule has 0 saturated carbocycles. The molecule has 2 amide bonds. The molecule has 0 saturated heterocycles. The van der Waals surface area contributed by atoms with Gasteiger partial charge in [0.2, 0.25) is 5.91 Å². The van der Waals surface area contributed by atoms with Gasteiger partial charge in [0, 0.05) is 5.56 Å². The Balaban J connectivity index is 1.89. The summed E-state index contributed by atoms with van der Waals surface area (Å²) in [5.41, 5.74) is 0.333. The van der Waals surface area contributed by atoms with E-state index >= 15 is 0 Å². The normalized spacial score (nSPS) is 11.8. The Kier molecular flexibility index (Phi) is 5.46. The summed E-state index contributed by atoms with van der Waals surface area (Å²) < 4.78 is 5.11. The molecule has 0 fully saturated rings. The third-order valence-electron chi connectivity index (χ3n) is 2.94. The predicted molar refractivity (Wildman–Crippen MR) is 83.9 cm³/mol. The Bertz CT molecular complexity index is 671. The van der Waals surface area contributed by atoms with E-state index < -0.39 is 11.9 Å². The number of hydrogen-bond acceptors (Lipinski definition) is 3. The van der Waals surface area contributed by atoms with Gasteiger partial charge in [0.25, 0.3) is 5.91 Å². The minimum Gasteiger partial charge on any atom is -0.467 e. The molecule has 0 radical (unpaired) electrons. The highest BCUT2D eigenvalue weighted by Crippen LogP contribution is 2.22. The second-order valence-electron chi connectivity index (χ2n) is 4.62. The third kappa shape index (κ3) is 4.26. The number of rotatable bonds is 5. The minimum atomic E-state index is -0.697. The average molecular weight is 341 g/mol. The van der Waals surface area contributed by atoms with E-state index in [4.69, 9.17) is 27.6 Å². The first kappa shape index (κ1) is 16.4. The average Bonchev–Trinajstić information content (AvgIpc) is 3.00. The van der Waals surface area contributed by atoms with Gasteiger partial charge in [0.1, 0.15) is 11.8 Å². The number of carbonyl (C=O) groups excluding carboxylic acids is 2. The maximum absolute atomic E-state index is 12.0. The van der Waals surface area contributed by atoms with Crippen LogP contribution in [0.15, 0.2) is 41.0 Å². The summed E-state index contributed by atoms with van der Waals surface area (Å²) in [6.07, 6.45) is 1.52. The number of halogens is 2. The van der Waals surface area contributed by atoms with Crippen molar-refractivity contribution in [3.8, 4) is 0 Å². The Morgan fingerprint density at radius 3 is 2.64 bits per heavy atom. The molecule has 2 rings (SSSR count). The molecule has 1 aromatic heterocycles. The topological polar surface area (TPSA) is 71.3 Å². The molecule has 116 valence electrons. The lowest BCUT2D eigenvalue weighted by atomic mass is 10.2. The van der Waals surface area contributed by atoms with Gasteiger partial charge in [-0.2, -0.15) is 0 Å². The van der Waals surface area contributed by atoms with Gasteiger partial charge >= 0.3 is 0 Å². The first-order valence-corrected chi connectivity index (χ1v) is 7.29. The van der Waals surface area contributed by atoms with E-state index in [1.165, 1.54) is 24.5 Å². The first-order chi connectivity index (χ1) is 10.5. The Morgan fingerprint density at radius 1 is 1.23 bits per heavy atom. The Labute approximate surface area is 137 Å². The molecule has 0 spiro atoms. The Hall–Kier alpha value is -1.98. The summed E-state index contributed by atoms with van der Waals surface area (Å²) in [6, 6.07) is 7.30. The van der Waals surface area contributed by atoms with E-state index in [1.807, 2.05) is 0 Å². The van der Waals surface area contributed by atoms with E-state index in [9.17, 15) is 9.59 Å². The van der Waals surface area contributed by atoms with Gasteiger partial charge in [-0.15, -0.1) is 0 Å². The number of nitrogens with one attached hydrogen (secondary N) is 2. The number of benzene rings is 1. The van der Waals surface area contributed by atoms with Crippen molar-refractivity contribution >= 4 is 35.0 Å². The molecule has 0 unspecified atom stereocenters. The van der Waals surface area contributed by atoms with Crippen LogP contribution < -0.4 is 10.6 Å². The number of furan rings is 1. The number of hydrogen-bond donors (Lipinski definition) is 2. The summed E-state index contributed by atoms with van der Waals surface area (Å²) in [4.78, 5) is 24.0. The highest BCUT2D eigenvalue weighted by Gasteiger charge is 2.17. The molecule has 0 aliphatic carbocycles. The fourth-order valence-electron chi connectivity index (χ4n) is 1.72. The third-order valence-corrected chi connectivity index (χ3v) is 3.68. The molecule has 2 N–H and O–H groups in total. The molecule has 2 aromatic rings. The Morgan fingerprint density at radius 2 is 2.00 bits per heavy atom. The van der Waals surface area contributed by atoms with Crippen LogP contribution in [0.5, 0.6) is 0 Å². The molecular weight excluding hydrogens is 327 g/mol. The van der Waals surface area contributed by atoms with Crippen LogP contribution in [0.2, 0.25) is 10.0 Å². The molecular formula is C15H14Cl2N2O3. The van der Waals surface area contributed by atoms with Gasteiger partial charge in [-0.25, -0.2) is 0 Å².